The van der Waals surface area contributed by atoms with E-state index >= 15 is 0 Å². The summed E-state index contributed by atoms with van der Waals surface area (Å²) in [5.74, 6) is -0.685. The summed E-state index contributed by atoms with van der Waals surface area (Å²) in [6.07, 6.45) is 0. The number of amides is 1. The number of carbonyl (C=O) groups excluding carboxylic acids is 2. The van der Waals surface area contributed by atoms with Crippen LogP contribution in [0.5, 0.6) is 0 Å². The molecule has 1 aromatic heterocycles. The van der Waals surface area contributed by atoms with Gasteiger partial charge >= 0.3 is 5.97 Å². The normalized spacial score (nSPS) is 9.94. The highest BCUT2D eigenvalue weighted by Crippen LogP contribution is 2.27. The minimum atomic E-state index is -0.428. The van der Waals surface area contributed by atoms with Crippen LogP contribution in [0.15, 0.2) is 9.85 Å². The number of rotatable bonds is 4. The van der Waals surface area contributed by atoms with Gasteiger partial charge in [-0.2, -0.15) is 0 Å². The number of hydrogen-bond acceptors (Lipinski definition) is 4. The van der Waals surface area contributed by atoms with E-state index in [0.29, 0.717) is 11.5 Å². The molecule has 0 bridgehead atoms. The highest BCUT2D eigenvalue weighted by Gasteiger charge is 2.12. The van der Waals surface area contributed by atoms with Gasteiger partial charge < -0.3 is 10.1 Å². The van der Waals surface area contributed by atoms with Gasteiger partial charge in [-0.3, -0.25) is 9.59 Å². The smallest absolute Gasteiger partial charge is 0.325 e. The summed E-state index contributed by atoms with van der Waals surface area (Å²) >= 11 is 4.68. The molecule has 0 aliphatic rings. The van der Waals surface area contributed by atoms with E-state index in [1.807, 2.05) is 6.92 Å². The summed E-state index contributed by atoms with van der Waals surface area (Å²) in [5.41, 5.74) is 1.01. The standard InChI is InChI=1S/C10H12BrNO3S/c1-3-15-8(13)5-12-10(14)7-4-6(2)9(11)16-7/h4H,3,5H2,1-2H3,(H,12,14). The molecule has 1 N–H and O–H groups in total. The summed E-state index contributed by atoms with van der Waals surface area (Å²) in [5, 5.41) is 2.50. The number of hydrogen-bond donors (Lipinski definition) is 1. The predicted molar refractivity (Wildman–Crippen MR) is 65.7 cm³/mol. The fraction of sp³-hybridized carbons (Fsp3) is 0.400. The van der Waals surface area contributed by atoms with Crippen molar-refractivity contribution in [3.8, 4) is 0 Å². The van der Waals surface area contributed by atoms with Crippen molar-refractivity contribution in [2.24, 2.45) is 0 Å². The lowest BCUT2D eigenvalue weighted by molar-refractivity contribution is -0.141. The van der Waals surface area contributed by atoms with Crippen LogP contribution >= 0.6 is 27.3 Å². The SMILES string of the molecule is CCOC(=O)CNC(=O)c1cc(C)c(Br)s1. The van der Waals surface area contributed by atoms with Crippen molar-refractivity contribution < 1.29 is 14.3 Å². The summed E-state index contributed by atoms with van der Waals surface area (Å²) in [6.45, 7) is 3.85. The molecule has 1 rings (SSSR count). The zero-order valence-electron chi connectivity index (χ0n) is 9.00. The maximum Gasteiger partial charge on any atom is 0.325 e. The van der Waals surface area contributed by atoms with Gasteiger partial charge in [0.2, 0.25) is 0 Å². The zero-order chi connectivity index (χ0) is 12.1. The van der Waals surface area contributed by atoms with Crippen LogP contribution in [-0.2, 0) is 9.53 Å². The molecule has 0 unspecified atom stereocenters. The third-order valence-corrected chi connectivity index (χ3v) is 3.91. The number of ether oxygens (including phenoxy) is 1. The monoisotopic (exact) mass is 305 g/mol. The van der Waals surface area contributed by atoms with E-state index in [0.717, 1.165) is 9.35 Å². The van der Waals surface area contributed by atoms with Crippen molar-refractivity contribution in [3.05, 3.63) is 20.3 Å². The first-order chi connectivity index (χ1) is 7.54. The van der Waals surface area contributed by atoms with Crippen LogP contribution in [0.1, 0.15) is 22.2 Å². The van der Waals surface area contributed by atoms with Gasteiger partial charge in [0.25, 0.3) is 5.91 Å². The largest absolute Gasteiger partial charge is 0.465 e. The molecule has 0 aliphatic heterocycles. The fourth-order valence-electron chi connectivity index (χ4n) is 1.02. The lowest BCUT2D eigenvalue weighted by atomic mass is 10.3. The zero-order valence-corrected chi connectivity index (χ0v) is 11.4. The van der Waals surface area contributed by atoms with Crippen molar-refractivity contribution >= 4 is 39.1 Å². The second-order valence-electron chi connectivity index (χ2n) is 3.06. The second kappa shape index (κ2) is 6.00. The molecular formula is C10H12BrNO3S. The number of thiophene rings is 1. The number of nitrogens with one attached hydrogen (secondary N) is 1. The van der Waals surface area contributed by atoms with E-state index in [1.54, 1.807) is 13.0 Å². The first kappa shape index (κ1) is 13.2. The van der Waals surface area contributed by atoms with E-state index in [-0.39, 0.29) is 12.5 Å². The highest BCUT2D eigenvalue weighted by molar-refractivity contribution is 9.11. The van der Waals surface area contributed by atoms with Gasteiger partial charge in [0.15, 0.2) is 0 Å². The van der Waals surface area contributed by atoms with Crippen LogP contribution in [0.2, 0.25) is 0 Å². The van der Waals surface area contributed by atoms with E-state index in [4.69, 9.17) is 4.74 Å². The summed E-state index contributed by atoms with van der Waals surface area (Å²) in [4.78, 5) is 23.2. The fourth-order valence-corrected chi connectivity index (χ4v) is 2.47. The Hall–Kier alpha value is -0.880. The number of aryl methyl sites for hydroxylation is 1. The Morgan fingerprint density at radius 2 is 2.25 bits per heavy atom. The van der Waals surface area contributed by atoms with Gasteiger partial charge in [0, 0.05) is 0 Å². The molecule has 1 heterocycles. The minimum absolute atomic E-state index is 0.0960. The Balaban J connectivity index is 2.50. The molecule has 88 valence electrons. The van der Waals surface area contributed by atoms with Crippen LogP contribution in [0.25, 0.3) is 0 Å². The second-order valence-corrected chi connectivity index (χ2v) is 5.43. The Kier molecular flexibility index (Phi) is 4.95. The lowest BCUT2D eigenvalue weighted by Gasteiger charge is -2.02. The number of carbonyl (C=O) groups is 2. The Morgan fingerprint density at radius 3 is 2.75 bits per heavy atom. The van der Waals surface area contributed by atoms with Gasteiger partial charge in [0.05, 0.1) is 15.3 Å². The molecule has 0 atom stereocenters. The molecule has 0 fully saturated rings. The van der Waals surface area contributed by atoms with Crippen LogP contribution in [0, 0.1) is 6.92 Å². The van der Waals surface area contributed by atoms with Gasteiger partial charge in [-0.15, -0.1) is 11.3 Å². The first-order valence-corrected chi connectivity index (χ1v) is 6.35. The van der Waals surface area contributed by atoms with E-state index in [2.05, 4.69) is 21.2 Å². The van der Waals surface area contributed by atoms with Crippen molar-refractivity contribution in [2.45, 2.75) is 13.8 Å². The Morgan fingerprint density at radius 1 is 1.56 bits per heavy atom. The summed E-state index contributed by atoms with van der Waals surface area (Å²) < 4.78 is 5.62. The molecule has 6 heteroatoms. The van der Waals surface area contributed by atoms with Gasteiger partial charge in [-0.1, -0.05) is 0 Å². The molecule has 0 saturated carbocycles. The van der Waals surface area contributed by atoms with Gasteiger partial charge in [-0.05, 0) is 41.4 Å². The molecule has 0 saturated heterocycles. The third-order valence-electron chi connectivity index (χ3n) is 1.78. The number of esters is 1. The topological polar surface area (TPSA) is 55.4 Å². The average molecular weight is 306 g/mol. The van der Waals surface area contributed by atoms with Crippen LogP contribution in [0.4, 0.5) is 0 Å². The average Bonchev–Trinajstić information content (AvgIpc) is 2.56. The van der Waals surface area contributed by atoms with Crippen molar-refractivity contribution in [2.75, 3.05) is 13.2 Å². The van der Waals surface area contributed by atoms with Gasteiger partial charge in [-0.25, -0.2) is 0 Å². The molecule has 0 aliphatic carbocycles. The molecule has 0 aromatic carbocycles. The Labute approximate surface area is 106 Å². The van der Waals surface area contributed by atoms with Crippen molar-refractivity contribution in [3.63, 3.8) is 0 Å². The predicted octanol–water partition coefficient (Wildman–Crippen LogP) is 2.11. The quantitative estimate of drug-likeness (QED) is 0.867. The highest BCUT2D eigenvalue weighted by atomic mass is 79.9. The third kappa shape index (κ3) is 3.61. The van der Waals surface area contributed by atoms with Crippen LogP contribution in [-0.4, -0.2) is 25.0 Å². The maximum absolute atomic E-state index is 11.6. The molecular weight excluding hydrogens is 294 g/mol. The molecule has 0 spiro atoms. The number of halogens is 1. The minimum Gasteiger partial charge on any atom is -0.465 e. The first-order valence-electron chi connectivity index (χ1n) is 4.74. The van der Waals surface area contributed by atoms with Crippen molar-refractivity contribution in [1.29, 1.82) is 0 Å². The molecule has 4 nitrogen and oxygen atoms in total. The summed E-state index contributed by atoms with van der Waals surface area (Å²) in [7, 11) is 0. The maximum atomic E-state index is 11.6. The van der Waals surface area contributed by atoms with Crippen molar-refractivity contribution in [1.82, 2.24) is 5.32 Å². The van der Waals surface area contributed by atoms with Gasteiger partial charge in [0.1, 0.15) is 6.54 Å². The summed E-state index contributed by atoms with van der Waals surface area (Å²) in [6, 6.07) is 1.77. The van der Waals surface area contributed by atoms with E-state index in [9.17, 15) is 9.59 Å². The van der Waals surface area contributed by atoms with E-state index < -0.39 is 5.97 Å². The van der Waals surface area contributed by atoms with E-state index in [1.165, 1.54) is 11.3 Å². The molecule has 0 radical (unpaired) electrons. The van der Waals surface area contributed by atoms with Crippen LogP contribution < -0.4 is 5.32 Å². The molecule has 1 aromatic rings. The lowest BCUT2D eigenvalue weighted by Crippen LogP contribution is -2.30. The molecule has 16 heavy (non-hydrogen) atoms. The van der Waals surface area contributed by atoms with Crippen LogP contribution in [0.3, 0.4) is 0 Å². The molecule has 1 amide bonds. The Bertz CT molecular complexity index is 383.